The van der Waals surface area contributed by atoms with Gasteiger partial charge in [-0.1, -0.05) is 18.2 Å². The molecule has 0 radical (unpaired) electrons. The Balaban J connectivity index is 1.75. The number of nitrogens with one attached hydrogen (secondary N) is 1. The number of para-hydroxylation sites is 1. The predicted molar refractivity (Wildman–Crippen MR) is 96.3 cm³/mol. The van der Waals surface area contributed by atoms with E-state index >= 15 is 0 Å². The second kappa shape index (κ2) is 6.74. The SMILES string of the molecule is CN(C)c1ccc(NC(=O)C2CCC(=O)N2c2ccccc2)cc1. The maximum absolute atomic E-state index is 12.6. The fourth-order valence-corrected chi connectivity index (χ4v) is 2.91. The number of carbonyl (C=O) groups excluding carboxylic acids is 2. The zero-order valence-corrected chi connectivity index (χ0v) is 13.9. The Labute approximate surface area is 141 Å². The van der Waals surface area contributed by atoms with Gasteiger partial charge in [0.1, 0.15) is 6.04 Å². The second-order valence-corrected chi connectivity index (χ2v) is 6.08. The Kier molecular flexibility index (Phi) is 4.51. The number of hydrogen-bond acceptors (Lipinski definition) is 3. The summed E-state index contributed by atoms with van der Waals surface area (Å²) < 4.78 is 0. The molecule has 24 heavy (non-hydrogen) atoms. The first kappa shape index (κ1) is 16.1. The molecule has 2 amide bonds. The minimum absolute atomic E-state index is 0.00990. The third kappa shape index (κ3) is 3.25. The van der Waals surface area contributed by atoms with Gasteiger partial charge in [0.25, 0.3) is 0 Å². The van der Waals surface area contributed by atoms with Crippen LogP contribution in [0, 0.1) is 0 Å². The van der Waals surface area contributed by atoms with Crippen molar-refractivity contribution in [2.45, 2.75) is 18.9 Å². The first-order valence-electron chi connectivity index (χ1n) is 8.01. The minimum Gasteiger partial charge on any atom is -0.378 e. The molecule has 5 nitrogen and oxygen atoms in total. The van der Waals surface area contributed by atoms with Gasteiger partial charge in [0.15, 0.2) is 0 Å². The van der Waals surface area contributed by atoms with Crippen LogP contribution in [0.25, 0.3) is 0 Å². The van der Waals surface area contributed by atoms with Crippen LogP contribution < -0.4 is 15.1 Å². The minimum atomic E-state index is -0.464. The van der Waals surface area contributed by atoms with E-state index in [9.17, 15) is 9.59 Å². The molecule has 0 bridgehead atoms. The Morgan fingerprint density at radius 2 is 1.75 bits per heavy atom. The van der Waals surface area contributed by atoms with Crippen molar-refractivity contribution in [2.24, 2.45) is 0 Å². The van der Waals surface area contributed by atoms with Gasteiger partial charge >= 0.3 is 0 Å². The fourth-order valence-electron chi connectivity index (χ4n) is 2.91. The Hall–Kier alpha value is -2.82. The number of benzene rings is 2. The molecule has 1 aliphatic heterocycles. The quantitative estimate of drug-likeness (QED) is 0.941. The van der Waals surface area contributed by atoms with Crippen molar-refractivity contribution in [2.75, 3.05) is 29.2 Å². The van der Waals surface area contributed by atoms with E-state index < -0.39 is 6.04 Å². The van der Waals surface area contributed by atoms with Crippen LogP contribution in [0.4, 0.5) is 17.1 Å². The molecule has 0 spiro atoms. The lowest BCUT2D eigenvalue weighted by Gasteiger charge is -2.24. The molecule has 1 N–H and O–H groups in total. The number of carbonyl (C=O) groups is 2. The first-order chi connectivity index (χ1) is 11.6. The van der Waals surface area contributed by atoms with Gasteiger partial charge in [-0.15, -0.1) is 0 Å². The average Bonchev–Trinajstić information content (AvgIpc) is 2.98. The second-order valence-electron chi connectivity index (χ2n) is 6.08. The van der Waals surface area contributed by atoms with Crippen molar-refractivity contribution in [3.63, 3.8) is 0 Å². The molecule has 1 saturated heterocycles. The maximum atomic E-state index is 12.6. The molecule has 1 aliphatic rings. The van der Waals surface area contributed by atoms with Gasteiger partial charge in [0.05, 0.1) is 0 Å². The smallest absolute Gasteiger partial charge is 0.247 e. The van der Waals surface area contributed by atoms with Gasteiger partial charge in [-0.05, 0) is 42.8 Å². The van der Waals surface area contributed by atoms with Gasteiger partial charge in [-0.2, -0.15) is 0 Å². The van der Waals surface area contributed by atoms with E-state index in [-0.39, 0.29) is 11.8 Å². The molecule has 5 heteroatoms. The zero-order valence-electron chi connectivity index (χ0n) is 13.9. The van der Waals surface area contributed by atoms with E-state index in [1.165, 1.54) is 0 Å². The van der Waals surface area contributed by atoms with Crippen molar-refractivity contribution in [1.82, 2.24) is 0 Å². The summed E-state index contributed by atoms with van der Waals surface area (Å²) in [6, 6.07) is 16.5. The molecular formula is C19H21N3O2. The lowest BCUT2D eigenvalue weighted by atomic mass is 10.2. The molecule has 2 aromatic carbocycles. The lowest BCUT2D eigenvalue weighted by molar-refractivity contribution is -0.120. The molecule has 1 unspecified atom stereocenters. The summed E-state index contributed by atoms with van der Waals surface area (Å²) in [6.07, 6.45) is 0.932. The number of amides is 2. The highest BCUT2D eigenvalue weighted by Crippen LogP contribution is 2.27. The zero-order chi connectivity index (χ0) is 17.1. The van der Waals surface area contributed by atoms with E-state index in [4.69, 9.17) is 0 Å². The summed E-state index contributed by atoms with van der Waals surface area (Å²) in [6.45, 7) is 0. The summed E-state index contributed by atoms with van der Waals surface area (Å²) in [5.41, 5.74) is 2.57. The van der Waals surface area contributed by atoms with Crippen LogP contribution >= 0.6 is 0 Å². The van der Waals surface area contributed by atoms with Crippen molar-refractivity contribution < 1.29 is 9.59 Å². The number of nitrogens with zero attached hydrogens (tertiary/aromatic N) is 2. The standard InChI is InChI=1S/C19H21N3O2/c1-21(2)15-10-8-14(9-11-15)20-19(24)17-12-13-18(23)22(17)16-6-4-3-5-7-16/h3-11,17H,12-13H2,1-2H3,(H,20,24). The van der Waals surface area contributed by atoms with Gasteiger partial charge in [0.2, 0.25) is 11.8 Å². The average molecular weight is 323 g/mol. The topological polar surface area (TPSA) is 52.7 Å². The van der Waals surface area contributed by atoms with E-state index in [2.05, 4.69) is 5.32 Å². The van der Waals surface area contributed by atoms with Gasteiger partial charge in [-0.3, -0.25) is 14.5 Å². The van der Waals surface area contributed by atoms with Crippen LogP contribution in [0.15, 0.2) is 54.6 Å². The van der Waals surface area contributed by atoms with Crippen molar-refractivity contribution in [3.05, 3.63) is 54.6 Å². The van der Waals surface area contributed by atoms with Crippen LogP contribution in [0.2, 0.25) is 0 Å². The van der Waals surface area contributed by atoms with Crippen LogP contribution in [-0.2, 0) is 9.59 Å². The van der Waals surface area contributed by atoms with E-state index in [0.29, 0.717) is 12.8 Å². The Bertz CT molecular complexity index is 726. The molecule has 3 rings (SSSR count). The highest BCUT2D eigenvalue weighted by molar-refractivity contribution is 6.07. The molecule has 0 aromatic heterocycles. The van der Waals surface area contributed by atoms with Crippen LogP contribution in [-0.4, -0.2) is 32.0 Å². The van der Waals surface area contributed by atoms with E-state index in [1.807, 2.05) is 73.6 Å². The summed E-state index contributed by atoms with van der Waals surface area (Å²) >= 11 is 0. The molecule has 1 atom stereocenters. The number of hydrogen-bond donors (Lipinski definition) is 1. The third-order valence-corrected chi connectivity index (χ3v) is 4.20. The lowest BCUT2D eigenvalue weighted by Crippen LogP contribution is -2.41. The predicted octanol–water partition coefficient (Wildman–Crippen LogP) is 2.89. The number of rotatable bonds is 4. The van der Waals surface area contributed by atoms with E-state index in [1.54, 1.807) is 4.90 Å². The fraction of sp³-hybridized carbons (Fsp3) is 0.263. The highest BCUT2D eigenvalue weighted by Gasteiger charge is 2.36. The summed E-state index contributed by atoms with van der Waals surface area (Å²) in [4.78, 5) is 28.4. The molecule has 124 valence electrons. The number of anilines is 3. The highest BCUT2D eigenvalue weighted by atomic mass is 16.2. The van der Waals surface area contributed by atoms with Gasteiger partial charge in [-0.25, -0.2) is 0 Å². The maximum Gasteiger partial charge on any atom is 0.247 e. The summed E-state index contributed by atoms with van der Waals surface area (Å²) in [5, 5.41) is 2.92. The molecular weight excluding hydrogens is 302 g/mol. The van der Waals surface area contributed by atoms with E-state index in [0.717, 1.165) is 17.1 Å². The largest absolute Gasteiger partial charge is 0.378 e. The molecule has 1 heterocycles. The van der Waals surface area contributed by atoms with Gasteiger partial charge in [0, 0.05) is 37.6 Å². The Morgan fingerprint density at radius 3 is 2.38 bits per heavy atom. The molecule has 0 aliphatic carbocycles. The summed E-state index contributed by atoms with van der Waals surface area (Å²) in [7, 11) is 3.94. The summed E-state index contributed by atoms with van der Waals surface area (Å²) in [5.74, 6) is -0.161. The molecule has 1 fully saturated rings. The monoisotopic (exact) mass is 323 g/mol. The van der Waals surface area contributed by atoms with Crippen molar-refractivity contribution >= 4 is 28.9 Å². The molecule has 0 saturated carbocycles. The van der Waals surface area contributed by atoms with Crippen LogP contribution in [0.1, 0.15) is 12.8 Å². The Morgan fingerprint density at radius 1 is 1.08 bits per heavy atom. The van der Waals surface area contributed by atoms with Gasteiger partial charge < -0.3 is 10.2 Å². The first-order valence-corrected chi connectivity index (χ1v) is 8.01. The normalized spacial score (nSPS) is 17.0. The van der Waals surface area contributed by atoms with Crippen LogP contribution in [0.5, 0.6) is 0 Å². The van der Waals surface area contributed by atoms with Crippen molar-refractivity contribution in [3.8, 4) is 0 Å². The molecule has 2 aromatic rings. The van der Waals surface area contributed by atoms with Crippen LogP contribution in [0.3, 0.4) is 0 Å². The third-order valence-electron chi connectivity index (χ3n) is 4.20. The van der Waals surface area contributed by atoms with Crippen molar-refractivity contribution in [1.29, 1.82) is 0 Å².